The van der Waals surface area contributed by atoms with Gasteiger partial charge in [0.05, 0.1) is 0 Å². The van der Waals surface area contributed by atoms with Gasteiger partial charge in [-0.15, -0.1) is 0 Å². The second kappa shape index (κ2) is 5.54. The van der Waals surface area contributed by atoms with Gasteiger partial charge in [-0.25, -0.2) is 0 Å². The van der Waals surface area contributed by atoms with Crippen LogP contribution in [-0.4, -0.2) is 12.5 Å². The second-order valence-corrected chi connectivity index (χ2v) is 4.30. The zero-order valence-electron chi connectivity index (χ0n) is 9.66. The summed E-state index contributed by atoms with van der Waals surface area (Å²) in [6.45, 7) is 7.22. The summed E-state index contributed by atoms with van der Waals surface area (Å²) in [4.78, 5) is 11.7. The molecular formula is C13H19NO. The predicted molar refractivity (Wildman–Crippen MR) is 62.8 cm³/mol. The number of amides is 1. The van der Waals surface area contributed by atoms with Gasteiger partial charge in [-0.05, 0) is 24.0 Å². The van der Waals surface area contributed by atoms with Gasteiger partial charge in [-0.3, -0.25) is 4.79 Å². The minimum atomic E-state index is 0.0168. The smallest absolute Gasteiger partial charge is 0.251 e. The van der Waals surface area contributed by atoms with Crippen molar-refractivity contribution < 1.29 is 4.79 Å². The van der Waals surface area contributed by atoms with E-state index in [1.807, 2.05) is 30.3 Å². The van der Waals surface area contributed by atoms with Crippen LogP contribution < -0.4 is 5.32 Å². The maximum Gasteiger partial charge on any atom is 0.251 e. The van der Waals surface area contributed by atoms with Gasteiger partial charge in [-0.1, -0.05) is 39.0 Å². The first-order valence-electron chi connectivity index (χ1n) is 5.44. The Morgan fingerprint density at radius 1 is 1.20 bits per heavy atom. The van der Waals surface area contributed by atoms with E-state index in [2.05, 4.69) is 26.1 Å². The fourth-order valence-corrected chi connectivity index (χ4v) is 1.18. The average molecular weight is 205 g/mol. The summed E-state index contributed by atoms with van der Waals surface area (Å²) < 4.78 is 0. The highest BCUT2D eigenvalue weighted by atomic mass is 16.1. The topological polar surface area (TPSA) is 29.1 Å². The highest BCUT2D eigenvalue weighted by Gasteiger charge is 2.09. The molecule has 1 aromatic rings. The van der Waals surface area contributed by atoms with Gasteiger partial charge in [0.25, 0.3) is 5.91 Å². The first-order valence-corrected chi connectivity index (χ1v) is 5.44. The molecule has 0 saturated carbocycles. The Morgan fingerprint density at radius 3 is 2.33 bits per heavy atom. The molecule has 2 heteroatoms. The molecule has 0 aromatic heterocycles. The molecule has 0 bridgehead atoms. The number of rotatable bonds is 4. The Hall–Kier alpha value is -1.31. The number of hydrogen-bond acceptors (Lipinski definition) is 1. The SMILES string of the molecule is CC(C)C(C)CNC(=O)c1ccccc1. The van der Waals surface area contributed by atoms with Crippen LogP contribution in [0.4, 0.5) is 0 Å². The minimum Gasteiger partial charge on any atom is -0.352 e. The van der Waals surface area contributed by atoms with E-state index in [0.717, 1.165) is 12.1 Å². The summed E-state index contributed by atoms with van der Waals surface area (Å²) in [5, 5.41) is 2.94. The molecule has 1 aromatic carbocycles. The van der Waals surface area contributed by atoms with Crippen molar-refractivity contribution in [2.45, 2.75) is 20.8 Å². The summed E-state index contributed by atoms with van der Waals surface area (Å²) in [5.41, 5.74) is 0.730. The summed E-state index contributed by atoms with van der Waals surface area (Å²) in [5.74, 6) is 1.13. The largest absolute Gasteiger partial charge is 0.352 e. The third-order valence-electron chi connectivity index (χ3n) is 2.76. The van der Waals surface area contributed by atoms with Gasteiger partial charge in [0.15, 0.2) is 0 Å². The van der Waals surface area contributed by atoms with Crippen LogP contribution in [-0.2, 0) is 0 Å². The van der Waals surface area contributed by atoms with Crippen LogP contribution >= 0.6 is 0 Å². The van der Waals surface area contributed by atoms with E-state index < -0.39 is 0 Å². The first-order chi connectivity index (χ1) is 7.11. The van der Waals surface area contributed by atoms with Crippen LogP contribution in [0.15, 0.2) is 30.3 Å². The number of nitrogens with one attached hydrogen (secondary N) is 1. The van der Waals surface area contributed by atoms with Crippen LogP contribution in [0.5, 0.6) is 0 Å². The molecule has 0 spiro atoms. The molecule has 1 amide bonds. The summed E-state index contributed by atoms with van der Waals surface area (Å²) in [7, 11) is 0. The maximum absolute atomic E-state index is 11.7. The highest BCUT2D eigenvalue weighted by molar-refractivity contribution is 5.94. The Labute approximate surface area is 91.7 Å². The molecule has 2 nitrogen and oxygen atoms in total. The van der Waals surface area contributed by atoms with Crippen molar-refractivity contribution >= 4 is 5.91 Å². The van der Waals surface area contributed by atoms with Gasteiger partial charge in [0.1, 0.15) is 0 Å². The molecule has 1 unspecified atom stereocenters. The standard InChI is InChI=1S/C13H19NO/c1-10(2)11(3)9-14-13(15)12-7-5-4-6-8-12/h4-8,10-11H,9H2,1-3H3,(H,14,15). The van der Waals surface area contributed by atoms with Crippen molar-refractivity contribution in [3.05, 3.63) is 35.9 Å². The van der Waals surface area contributed by atoms with Crippen molar-refractivity contribution in [1.82, 2.24) is 5.32 Å². The van der Waals surface area contributed by atoms with E-state index in [0.29, 0.717) is 11.8 Å². The van der Waals surface area contributed by atoms with E-state index in [4.69, 9.17) is 0 Å². The zero-order valence-corrected chi connectivity index (χ0v) is 9.66. The molecule has 0 fully saturated rings. The fourth-order valence-electron chi connectivity index (χ4n) is 1.18. The van der Waals surface area contributed by atoms with Gasteiger partial charge in [-0.2, -0.15) is 0 Å². The lowest BCUT2D eigenvalue weighted by molar-refractivity contribution is 0.0945. The molecule has 0 aliphatic rings. The van der Waals surface area contributed by atoms with Crippen LogP contribution in [0.25, 0.3) is 0 Å². The number of carbonyl (C=O) groups excluding carboxylic acids is 1. The van der Waals surface area contributed by atoms with E-state index in [-0.39, 0.29) is 5.91 Å². The molecule has 1 N–H and O–H groups in total. The van der Waals surface area contributed by atoms with E-state index in [1.165, 1.54) is 0 Å². The summed E-state index contributed by atoms with van der Waals surface area (Å²) in [6.07, 6.45) is 0. The summed E-state index contributed by atoms with van der Waals surface area (Å²) in [6, 6.07) is 9.32. The Bertz CT molecular complexity index is 306. The molecule has 0 heterocycles. The normalized spacial score (nSPS) is 12.5. The Kier molecular flexibility index (Phi) is 4.35. The average Bonchev–Trinajstić information content (AvgIpc) is 2.26. The molecule has 1 rings (SSSR count). The van der Waals surface area contributed by atoms with Crippen LogP contribution in [0.3, 0.4) is 0 Å². The predicted octanol–water partition coefficient (Wildman–Crippen LogP) is 2.71. The van der Waals surface area contributed by atoms with Crippen molar-refractivity contribution in [2.75, 3.05) is 6.54 Å². The zero-order chi connectivity index (χ0) is 11.3. The molecule has 1 atom stereocenters. The number of benzene rings is 1. The lowest BCUT2D eigenvalue weighted by Crippen LogP contribution is -2.30. The van der Waals surface area contributed by atoms with Gasteiger partial charge < -0.3 is 5.32 Å². The quantitative estimate of drug-likeness (QED) is 0.804. The Morgan fingerprint density at radius 2 is 1.80 bits per heavy atom. The molecular weight excluding hydrogens is 186 g/mol. The van der Waals surface area contributed by atoms with Crippen LogP contribution in [0.2, 0.25) is 0 Å². The van der Waals surface area contributed by atoms with Crippen molar-refractivity contribution in [3.8, 4) is 0 Å². The summed E-state index contributed by atoms with van der Waals surface area (Å²) >= 11 is 0. The minimum absolute atomic E-state index is 0.0168. The van der Waals surface area contributed by atoms with Crippen LogP contribution in [0, 0.1) is 11.8 Å². The first kappa shape index (κ1) is 11.8. The van der Waals surface area contributed by atoms with Crippen LogP contribution in [0.1, 0.15) is 31.1 Å². The fraction of sp³-hybridized carbons (Fsp3) is 0.462. The van der Waals surface area contributed by atoms with Gasteiger partial charge in [0.2, 0.25) is 0 Å². The lowest BCUT2D eigenvalue weighted by atomic mass is 9.98. The highest BCUT2D eigenvalue weighted by Crippen LogP contribution is 2.08. The Balaban J connectivity index is 2.44. The van der Waals surface area contributed by atoms with Gasteiger partial charge >= 0.3 is 0 Å². The van der Waals surface area contributed by atoms with E-state index >= 15 is 0 Å². The molecule has 0 aliphatic carbocycles. The molecule has 0 radical (unpaired) electrons. The van der Waals surface area contributed by atoms with Crippen molar-refractivity contribution in [2.24, 2.45) is 11.8 Å². The van der Waals surface area contributed by atoms with E-state index in [9.17, 15) is 4.79 Å². The van der Waals surface area contributed by atoms with Crippen molar-refractivity contribution in [3.63, 3.8) is 0 Å². The molecule has 0 saturated heterocycles. The lowest BCUT2D eigenvalue weighted by Gasteiger charge is -2.15. The molecule has 15 heavy (non-hydrogen) atoms. The van der Waals surface area contributed by atoms with E-state index in [1.54, 1.807) is 0 Å². The monoisotopic (exact) mass is 205 g/mol. The maximum atomic E-state index is 11.7. The molecule has 82 valence electrons. The third kappa shape index (κ3) is 3.74. The molecule has 0 aliphatic heterocycles. The third-order valence-corrected chi connectivity index (χ3v) is 2.76. The number of carbonyl (C=O) groups is 1. The van der Waals surface area contributed by atoms with Crippen molar-refractivity contribution in [1.29, 1.82) is 0 Å². The van der Waals surface area contributed by atoms with Gasteiger partial charge in [0, 0.05) is 12.1 Å². The second-order valence-electron chi connectivity index (χ2n) is 4.30. The number of hydrogen-bond donors (Lipinski definition) is 1.